The lowest BCUT2D eigenvalue weighted by Gasteiger charge is -2.28. The summed E-state index contributed by atoms with van der Waals surface area (Å²) in [5, 5.41) is 6.99. The molecule has 9 nitrogen and oxygen atoms in total. The van der Waals surface area contributed by atoms with Crippen molar-refractivity contribution in [2.75, 3.05) is 13.7 Å². The number of rotatable bonds is 11. The summed E-state index contributed by atoms with van der Waals surface area (Å²) in [4.78, 5) is 29.9. The van der Waals surface area contributed by atoms with E-state index in [9.17, 15) is 9.59 Å². The van der Waals surface area contributed by atoms with Crippen molar-refractivity contribution in [3.63, 3.8) is 0 Å². The van der Waals surface area contributed by atoms with E-state index >= 15 is 0 Å². The topological polar surface area (TPSA) is 120 Å². The standard InChI is InChI=1S/C31H32ClN5O4/c1-40-24-11-7-21(8-12-24)18-37-19-34-16-23(37)17-35-27-13-14-41-29-25(27)3-2-4-26(29)31(39)36-28(30(33)38)15-20-5-9-22(32)10-6-20/h2-12,16,19,27-28,35H,13-15,17-18H2,1H3,(H2,33,38)(H,36,39). The second-order valence-corrected chi connectivity index (χ2v) is 10.4. The molecule has 2 heterocycles. The zero-order chi connectivity index (χ0) is 28.8. The summed E-state index contributed by atoms with van der Waals surface area (Å²) in [5.74, 6) is 0.289. The second kappa shape index (κ2) is 12.9. The van der Waals surface area contributed by atoms with Crippen LogP contribution in [0.5, 0.6) is 11.5 Å². The number of carbonyl (C=O) groups is 2. The van der Waals surface area contributed by atoms with Crippen molar-refractivity contribution >= 4 is 23.4 Å². The average Bonchev–Trinajstić information content (AvgIpc) is 3.43. The van der Waals surface area contributed by atoms with Gasteiger partial charge in [-0.1, -0.05) is 48.0 Å². The van der Waals surface area contributed by atoms with E-state index in [-0.39, 0.29) is 12.5 Å². The number of primary amides is 1. The number of ether oxygens (including phenoxy) is 2. The van der Waals surface area contributed by atoms with Crippen LogP contribution in [0.4, 0.5) is 0 Å². The molecule has 1 aliphatic rings. The number of nitrogens with zero attached hydrogens (tertiary/aromatic N) is 2. The molecule has 0 radical (unpaired) electrons. The van der Waals surface area contributed by atoms with E-state index in [2.05, 4.69) is 20.2 Å². The molecule has 3 aromatic carbocycles. The van der Waals surface area contributed by atoms with E-state index in [0.717, 1.165) is 34.6 Å². The third kappa shape index (κ3) is 6.87. The zero-order valence-electron chi connectivity index (χ0n) is 22.7. The maximum Gasteiger partial charge on any atom is 0.255 e. The third-order valence-corrected chi connectivity index (χ3v) is 7.41. The molecule has 0 spiro atoms. The Morgan fingerprint density at radius 1 is 1.12 bits per heavy atom. The van der Waals surface area contributed by atoms with Crippen LogP contribution in [0, 0.1) is 0 Å². The summed E-state index contributed by atoms with van der Waals surface area (Å²) in [7, 11) is 1.65. The fourth-order valence-electron chi connectivity index (χ4n) is 4.92. The van der Waals surface area contributed by atoms with Crippen molar-refractivity contribution in [2.45, 2.75) is 38.0 Å². The lowest BCUT2D eigenvalue weighted by molar-refractivity contribution is -0.119. The van der Waals surface area contributed by atoms with Crippen molar-refractivity contribution in [1.82, 2.24) is 20.2 Å². The molecule has 5 rings (SSSR count). The minimum absolute atomic E-state index is 0.0307. The molecule has 2 atom stereocenters. The number of methoxy groups -OCH3 is 1. The van der Waals surface area contributed by atoms with Gasteiger partial charge in [-0.2, -0.15) is 0 Å². The molecule has 0 saturated carbocycles. The minimum Gasteiger partial charge on any atom is -0.497 e. The largest absolute Gasteiger partial charge is 0.497 e. The van der Waals surface area contributed by atoms with Gasteiger partial charge in [-0.05, 0) is 41.5 Å². The molecule has 0 saturated heterocycles. The number of nitrogens with two attached hydrogens (primary N) is 1. The average molecular weight is 574 g/mol. The molecule has 212 valence electrons. The van der Waals surface area contributed by atoms with Gasteiger partial charge in [0.2, 0.25) is 5.91 Å². The Hall–Kier alpha value is -4.34. The number of nitrogens with one attached hydrogen (secondary N) is 2. The zero-order valence-corrected chi connectivity index (χ0v) is 23.4. The number of carbonyl (C=O) groups excluding carboxylic acids is 2. The highest BCUT2D eigenvalue weighted by molar-refractivity contribution is 6.30. The maximum atomic E-state index is 13.3. The van der Waals surface area contributed by atoms with Gasteiger partial charge in [0.05, 0.1) is 31.3 Å². The highest BCUT2D eigenvalue weighted by Crippen LogP contribution is 2.35. The van der Waals surface area contributed by atoms with E-state index in [1.54, 1.807) is 37.4 Å². The van der Waals surface area contributed by atoms with Gasteiger partial charge in [-0.15, -0.1) is 0 Å². The highest BCUT2D eigenvalue weighted by Gasteiger charge is 2.28. The molecular formula is C31H32ClN5O4. The van der Waals surface area contributed by atoms with E-state index < -0.39 is 17.9 Å². The van der Waals surface area contributed by atoms with Crippen LogP contribution in [-0.2, 0) is 24.3 Å². The van der Waals surface area contributed by atoms with Crippen LogP contribution in [0.15, 0.2) is 79.3 Å². The fraction of sp³-hybridized carbons (Fsp3) is 0.258. The lowest BCUT2D eigenvalue weighted by Crippen LogP contribution is -2.46. The molecule has 0 fully saturated rings. The van der Waals surface area contributed by atoms with Crippen LogP contribution >= 0.6 is 11.6 Å². The molecule has 2 unspecified atom stereocenters. The van der Waals surface area contributed by atoms with Crippen LogP contribution in [0.1, 0.15) is 45.2 Å². The third-order valence-electron chi connectivity index (χ3n) is 7.16. The van der Waals surface area contributed by atoms with Gasteiger partial charge in [-0.25, -0.2) is 4.98 Å². The smallest absolute Gasteiger partial charge is 0.255 e. The van der Waals surface area contributed by atoms with Crippen molar-refractivity contribution < 1.29 is 19.1 Å². The van der Waals surface area contributed by atoms with Crippen LogP contribution in [-0.4, -0.2) is 41.1 Å². The van der Waals surface area contributed by atoms with Gasteiger partial charge < -0.3 is 30.4 Å². The number of fused-ring (bicyclic) bond motifs is 1. The second-order valence-electron chi connectivity index (χ2n) is 9.91. The van der Waals surface area contributed by atoms with Crippen LogP contribution < -0.4 is 25.8 Å². The first-order chi connectivity index (χ1) is 19.9. The number of halogens is 1. The Bertz CT molecular complexity index is 1500. The number of hydrogen-bond donors (Lipinski definition) is 3. The Morgan fingerprint density at radius 3 is 2.61 bits per heavy atom. The maximum absolute atomic E-state index is 13.3. The van der Waals surface area contributed by atoms with E-state index in [0.29, 0.717) is 36.0 Å². The molecule has 41 heavy (non-hydrogen) atoms. The predicted octanol–water partition coefficient (Wildman–Crippen LogP) is 4.03. The van der Waals surface area contributed by atoms with E-state index in [4.69, 9.17) is 26.8 Å². The Labute approximate surface area is 243 Å². The first-order valence-corrected chi connectivity index (χ1v) is 13.7. The molecule has 10 heteroatoms. The highest BCUT2D eigenvalue weighted by atomic mass is 35.5. The van der Waals surface area contributed by atoms with Crippen LogP contribution in [0.25, 0.3) is 0 Å². The van der Waals surface area contributed by atoms with Crippen molar-refractivity contribution in [3.05, 3.63) is 112 Å². The van der Waals surface area contributed by atoms with Gasteiger partial charge >= 0.3 is 0 Å². The van der Waals surface area contributed by atoms with Gasteiger partial charge in [0, 0.05) is 48.8 Å². The number of aromatic nitrogens is 2. The Kier molecular flexibility index (Phi) is 8.86. The van der Waals surface area contributed by atoms with Crippen molar-refractivity contribution in [3.8, 4) is 11.5 Å². The Balaban J connectivity index is 1.27. The number of hydrogen-bond acceptors (Lipinski definition) is 6. The fourth-order valence-corrected chi connectivity index (χ4v) is 5.05. The van der Waals surface area contributed by atoms with Crippen LogP contribution in [0.3, 0.4) is 0 Å². The monoisotopic (exact) mass is 573 g/mol. The first-order valence-electron chi connectivity index (χ1n) is 13.4. The van der Waals surface area contributed by atoms with Crippen molar-refractivity contribution in [1.29, 1.82) is 0 Å². The molecule has 0 bridgehead atoms. The summed E-state index contributed by atoms with van der Waals surface area (Å²) in [6, 6.07) is 19.6. The quantitative estimate of drug-likeness (QED) is 0.249. The van der Waals surface area contributed by atoms with Gasteiger partial charge in [0.1, 0.15) is 17.5 Å². The molecule has 4 N–H and O–H groups in total. The molecule has 2 amide bonds. The first kappa shape index (κ1) is 28.2. The number of para-hydroxylation sites is 1. The number of benzene rings is 3. The summed E-state index contributed by atoms with van der Waals surface area (Å²) < 4.78 is 13.3. The predicted molar refractivity (Wildman–Crippen MR) is 156 cm³/mol. The number of amides is 2. The SMILES string of the molecule is COc1ccc(Cn2cncc2CNC2CCOc3c(C(=O)NC(Cc4ccc(Cl)cc4)C(N)=O)cccc32)cc1. The summed E-state index contributed by atoms with van der Waals surface area (Å²) in [5.41, 5.74) is 9.89. The van der Waals surface area contributed by atoms with E-state index in [1.165, 1.54) is 0 Å². The lowest BCUT2D eigenvalue weighted by atomic mass is 9.96. The van der Waals surface area contributed by atoms with Gasteiger partial charge in [-0.3, -0.25) is 9.59 Å². The van der Waals surface area contributed by atoms with E-state index in [1.807, 2.05) is 48.9 Å². The molecule has 4 aromatic rings. The Morgan fingerprint density at radius 2 is 1.88 bits per heavy atom. The van der Waals surface area contributed by atoms with Gasteiger partial charge in [0.25, 0.3) is 5.91 Å². The summed E-state index contributed by atoms with van der Waals surface area (Å²) >= 11 is 5.97. The van der Waals surface area contributed by atoms with Crippen molar-refractivity contribution in [2.24, 2.45) is 5.73 Å². The van der Waals surface area contributed by atoms with Gasteiger partial charge in [0.15, 0.2) is 0 Å². The number of imidazole rings is 1. The molecule has 1 aliphatic heterocycles. The molecule has 0 aliphatic carbocycles. The summed E-state index contributed by atoms with van der Waals surface area (Å²) in [6.07, 6.45) is 4.67. The summed E-state index contributed by atoms with van der Waals surface area (Å²) in [6.45, 7) is 1.72. The normalized spacial score (nSPS) is 14.9. The molecule has 1 aromatic heterocycles. The van der Waals surface area contributed by atoms with Crippen LogP contribution in [0.2, 0.25) is 5.02 Å². The molecular weight excluding hydrogens is 542 g/mol. The minimum atomic E-state index is -0.886.